The molecule has 1 atom stereocenters. The lowest BCUT2D eigenvalue weighted by atomic mass is 10.1. The molecule has 0 aliphatic heterocycles. The van der Waals surface area contributed by atoms with Crippen LogP contribution in [-0.2, 0) is 26.2 Å². The van der Waals surface area contributed by atoms with Crippen molar-refractivity contribution < 1.29 is 22.4 Å². The predicted octanol–water partition coefficient (Wildman–Crippen LogP) is 1.92. The first kappa shape index (κ1) is 23.5. The second kappa shape index (κ2) is 9.82. The molecular weight excluding hydrogens is 409 g/mol. The first-order valence-electron chi connectivity index (χ1n) is 9.34. The van der Waals surface area contributed by atoms with E-state index in [9.17, 15) is 22.4 Å². The third-order valence-corrected chi connectivity index (χ3v) is 6.58. The molecule has 0 unspecified atom stereocenters. The average molecular weight is 436 g/mol. The van der Waals surface area contributed by atoms with Gasteiger partial charge in [-0.1, -0.05) is 29.8 Å². The van der Waals surface area contributed by atoms with E-state index < -0.39 is 40.2 Å². The van der Waals surface area contributed by atoms with Crippen molar-refractivity contribution in [3.8, 4) is 0 Å². The van der Waals surface area contributed by atoms with E-state index in [1.165, 1.54) is 55.4 Å². The van der Waals surface area contributed by atoms with Crippen LogP contribution in [0.2, 0.25) is 0 Å². The van der Waals surface area contributed by atoms with Crippen LogP contribution in [0.4, 0.5) is 4.39 Å². The van der Waals surface area contributed by atoms with Crippen LogP contribution in [0.3, 0.4) is 0 Å². The van der Waals surface area contributed by atoms with E-state index in [0.29, 0.717) is 5.56 Å². The lowest BCUT2D eigenvalue weighted by molar-refractivity contribution is -0.140. The minimum absolute atomic E-state index is 0.0338. The highest BCUT2D eigenvalue weighted by Crippen LogP contribution is 2.16. The molecule has 9 heteroatoms. The number of sulfonamides is 1. The number of rotatable bonds is 8. The van der Waals surface area contributed by atoms with Crippen LogP contribution in [0.15, 0.2) is 53.4 Å². The molecule has 0 saturated heterocycles. The summed E-state index contributed by atoms with van der Waals surface area (Å²) in [6, 6.07) is 11.0. The van der Waals surface area contributed by atoms with Gasteiger partial charge in [0.05, 0.1) is 11.4 Å². The fourth-order valence-corrected chi connectivity index (χ4v) is 3.95. The van der Waals surface area contributed by atoms with E-state index in [0.717, 1.165) is 9.87 Å². The highest BCUT2D eigenvalue weighted by Gasteiger charge is 2.29. The summed E-state index contributed by atoms with van der Waals surface area (Å²) in [5.41, 5.74) is 1.53. The molecule has 0 saturated carbocycles. The summed E-state index contributed by atoms with van der Waals surface area (Å²) in [6.07, 6.45) is 0. The molecule has 0 bridgehead atoms. The zero-order valence-corrected chi connectivity index (χ0v) is 18.2. The molecule has 2 rings (SSSR count). The number of nitrogens with zero attached hydrogens (tertiary/aromatic N) is 2. The first-order chi connectivity index (χ1) is 14.1. The lowest BCUT2D eigenvalue weighted by Crippen LogP contribution is -2.50. The molecule has 0 fully saturated rings. The van der Waals surface area contributed by atoms with Gasteiger partial charge in [-0.3, -0.25) is 9.59 Å². The maximum atomic E-state index is 13.2. The molecule has 1 N–H and O–H groups in total. The monoisotopic (exact) mass is 435 g/mol. The van der Waals surface area contributed by atoms with Gasteiger partial charge in [0.2, 0.25) is 21.8 Å². The Labute approximate surface area is 176 Å². The zero-order chi connectivity index (χ0) is 22.5. The molecule has 0 radical (unpaired) electrons. The molecule has 2 aromatic rings. The van der Waals surface area contributed by atoms with Crippen LogP contribution in [0.25, 0.3) is 0 Å². The fraction of sp³-hybridized carbons (Fsp3) is 0.333. The molecular formula is C21H26FN3O4S. The number of benzene rings is 2. The molecule has 2 aromatic carbocycles. The molecule has 30 heavy (non-hydrogen) atoms. The normalized spacial score (nSPS) is 12.5. The van der Waals surface area contributed by atoms with Gasteiger partial charge in [-0.25, -0.2) is 12.8 Å². The van der Waals surface area contributed by atoms with Gasteiger partial charge in [0.15, 0.2) is 0 Å². The number of aryl methyl sites for hydroxylation is 1. The molecule has 2 amide bonds. The maximum Gasteiger partial charge on any atom is 0.243 e. The number of hydrogen-bond donors (Lipinski definition) is 1. The molecule has 0 aliphatic rings. The first-order valence-corrected chi connectivity index (χ1v) is 10.8. The standard InChI is InChI=1S/C21H26FN3O4S/c1-15-5-11-19(12-6-15)30(28,29)24(4)14-20(26)25(16(2)21(27)23-3)13-17-7-9-18(22)10-8-17/h5-12,16H,13-14H2,1-4H3,(H,23,27)/t16-/m0/s1. The Morgan fingerprint density at radius 2 is 1.63 bits per heavy atom. The SMILES string of the molecule is CNC(=O)[C@H](C)N(Cc1ccc(F)cc1)C(=O)CN(C)S(=O)(=O)c1ccc(C)cc1. The minimum atomic E-state index is -3.88. The van der Waals surface area contributed by atoms with Gasteiger partial charge in [-0.15, -0.1) is 0 Å². The van der Waals surface area contributed by atoms with Crippen molar-refractivity contribution in [1.29, 1.82) is 0 Å². The quantitative estimate of drug-likeness (QED) is 0.686. The second-order valence-electron chi connectivity index (χ2n) is 7.01. The summed E-state index contributed by atoms with van der Waals surface area (Å²) >= 11 is 0. The summed E-state index contributed by atoms with van der Waals surface area (Å²) < 4.78 is 39.7. The summed E-state index contributed by atoms with van der Waals surface area (Å²) in [5, 5.41) is 2.48. The maximum absolute atomic E-state index is 13.2. The van der Waals surface area contributed by atoms with Gasteiger partial charge in [-0.05, 0) is 43.7 Å². The predicted molar refractivity (Wildman–Crippen MR) is 111 cm³/mol. The molecule has 0 aromatic heterocycles. The molecule has 7 nitrogen and oxygen atoms in total. The van der Waals surface area contributed by atoms with E-state index in [-0.39, 0.29) is 11.4 Å². The van der Waals surface area contributed by atoms with Crippen molar-refractivity contribution in [2.75, 3.05) is 20.6 Å². The smallest absolute Gasteiger partial charge is 0.243 e. The van der Waals surface area contributed by atoms with Gasteiger partial charge >= 0.3 is 0 Å². The van der Waals surface area contributed by atoms with Crippen LogP contribution in [0.1, 0.15) is 18.1 Å². The largest absolute Gasteiger partial charge is 0.357 e. The van der Waals surface area contributed by atoms with Crippen molar-refractivity contribution in [1.82, 2.24) is 14.5 Å². The van der Waals surface area contributed by atoms with Crippen LogP contribution < -0.4 is 5.32 Å². The number of hydrogen-bond acceptors (Lipinski definition) is 4. The van der Waals surface area contributed by atoms with Crippen molar-refractivity contribution in [2.24, 2.45) is 0 Å². The lowest BCUT2D eigenvalue weighted by Gasteiger charge is -2.30. The third kappa shape index (κ3) is 5.64. The number of likely N-dealkylation sites (N-methyl/N-ethyl adjacent to an activating group) is 2. The van der Waals surface area contributed by atoms with Gasteiger partial charge in [0.25, 0.3) is 0 Å². The topological polar surface area (TPSA) is 86.8 Å². The summed E-state index contributed by atoms with van der Waals surface area (Å²) in [6.45, 7) is 2.98. The van der Waals surface area contributed by atoms with Crippen LogP contribution in [-0.4, -0.2) is 56.1 Å². The van der Waals surface area contributed by atoms with Crippen LogP contribution in [0, 0.1) is 12.7 Å². The van der Waals surface area contributed by atoms with Crippen molar-refractivity contribution in [3.63, 3.8) is 0 Å². The Kier molecular flexibility index (Phi) is 7.69. The van der Waals surface area contributed by atoms with Gasteiger partial charge in [0.1, 0.15) is 11.9 Å². The van der Waals surface area contributed by atoms with Crippen LogP contribution >= 0.6 is 0 Å². The highest BCUT2D eigenvalue weighted by atomic mass is 32.2. The number of carbonyl (C=O) groups is 2. The van der Waals surface area contributed by atoms with Crippen LogP contribution in [0.5, 0.6) is 0 Å². The second-order valence-corrected chi connectivity index (χ2v) is 9.06. The van der Waals surface area contributed by atoms with Gasteiger partial charge in [0, 0.05) is 20.6 Å². The van der Waals surface area contributed by atoms with E-state index >= 15 is 0 Å². The Morgan fingerprint density at radius 1 is 1.07 bits per heavy atom. The van der Waals surface area contributed by atoms with E-state index in [1.807, 2.05) is 6.92 Å². The molecule has 162 valence electrons. The summed E-state index contributed by atoms with van der Waals surface area (Å²) in [5.74, 6) is -1.36. The fourth-order valence-electron chi connectivity index (χ4n) is 2.83. The Morgan fingerprint density at radius 3 is 2.17 bits per heavy atom. The zero-order valence-electron chi connectivity index (χ0n) is 17.4. The summed E-state index contributed by atoms with van der Waals surface area (Å²) in [7, 11) is -1.11. The van der Waals surface area contributed by atoms with Crippen molar-refractivity contribution in [2.45, 2.75) is 31.3 Å². The number of amides is 2. The molecule has 0 spiro atoms. The van der Waals surface area contributed by atoms with Gasteiger partial charge < -0.3 is 10.2 Å². The van der Waals surface area contributed by atoms with E-state index in [4.69, 9.17) is 0 Å². The number of nitrogens with one attached hydrogen (secondary N) is 1. The number of halogens is 1. The van der Waals surface area contributed by atoms with E-state index in [2.05, 4.69) is 5.32 Å². The molecule has 0 aliphatic carbocycles. The number of carbonyl (C=O) groups excluding carboxylic acids is 2. The molecule has 0 heterocycles. The average Bonchev–Trinajstić information content (AvgIpc) is 2.72. The third-order valence-electron chi connectivity index (χ3n) is 4.77. The minimum Gasteiger partial charge on any atom is -0.357 e. The van der Waals surface area contributed by atoms with Gasteiger partial charge in [-0.2, -0.15) is 4.31 Å². The Hall–Kier alpha value is -2.78. The van der Waals surface area contributed by atoms with Crippen molar-refractivity contribution in [3.05, 3.63) is 65.5 Å². The Balaban J connectivity index is 2.24. The van der Waals surface area contributed by atoms with Crippen molar-refractivity contribution >= 4 is 21.8 Å². The van der Waals surface area contributed by atoms with E-state index in [1.54, 1.807) is 19.1 Å². The summed E-state index contributed by atoms with van der Waals surface area (Å²) in [4.78, 5) is 26.5. The Bertz CT molecular complexity index is 992. The highest BCUT2D eigenvalue weighted by molar-refractivity contribution is 7.89.